The Kier molecular flexibility index (Phi) is 11.0. The van der Waals surface area contributed by atoms with Crippen molar-refractivity contribution in [2.75, 3.05) is 4.90 Å². The van der Waals surface area contributed by atoms with Gasteiger partial charge in [0.2, 0.25) is 0 Å². The van der Waals surface area contributed by atoms with Gasteiger partial charge in [-0.3, -0.25) is 4.99 Å². The van der Waals surface area contributed by atoms with Crippen molar-refractivity contribution in [3.05, 3.63) is 258 Å². The lowest BCUT2D eigenvalue weighted by atomic mass is 10.0. The van der Waals surface area contributed by atoms with E-state index < -0.39 is 0 Å². The number of benzene rings is 9. The van der Waals surface area contributed by atoms with Gasteiger partial charge in [0.05, 0.1) is 12.2 Å². The standard InChI is InChI=1S/C59H44N4/c1-60-58(49-30-26-46(27-31-49)43-15-6-2-7-16-43)62-59(50-32-28-47(29-33-50)44-17-8-3-9-18-44)61-41-42-25-38-54-51(39-42)40-56-55(54)23-14-24-57(56)63(52-21-12-5-13-22-52)53-36-34-48(35-37-53)45-19-10-4-11-20-45/h2-39H,1,40-41H2. The summed E-state index contributed by atoms with van der Waals surface area (Å²) in [6, 6.07) is 81.1. The average molecular weight is 809 g/mol. The first kappa shape index (κ1) is 39.0. The van der Waals surface area contributed by atoms with Gasteiger partial charge in [-0.25, -0.2) is 9.98 Å². The molecule has 0 fully saturated rings. The van der Waals surface area contributed by atoms with E-state index in [1.165, 1.54) is 39.1 Å². The van der Waals surface area contributed by atoms with Crippen LogP contribution in [0.15, 0.2) is 245 Å². The van der Waals surface area contributed by atoms with E-state index in [0.717, 1.165) is 56.7 Å². The third-order valence-corrected chi connectivity index (χ3v) is 11.7. The molecule has 0 aromatic heterocycles. The second kappa shape index (κ2) is 17.8. The van der Waals surface area contributed by atoms with Crippen molar-refractivity contribution in [3.8, 4) is 44.5 Å². The van der Waals surface area contributed by atoms with E-state index in [4.69, 9.17) is 9.98 Å². The van der Waals surface area contributed by atoms with Gasteiger partial charge in [-0.15, -0.1) is 0 Å². The molecule has 0 radical (unpaired) electrons. The first-order valence-corrected chi connectivity index (χ1v) is 21.3. The van der Waals surface area contributed by atoms with Crippen molar-refractivity contribution in [1.82, 2.24) is 0 Å². The molecule has 0 saturated carbocycles. The van der Waals surface area contributed by atoms with Gasteiger partial charge in [0.15, 0.2) is 11.7 Å². The van der Waals surface area contributed by atoms with Crippen LogP contribution in [0.2, 0.25) is 0 Å². The molecule has 1 aliphatic carbocycles. The van der Waals surface area contributed by atoms with E-state index in [9.17, 15) is 0 Å². The number of amidine groups is 2. The molecule has 0 amide bonds. The average Bonchev–Trinajstić information content (AvgIpc) is 3.74. The first-order chi connectivity index (χ1) is 31.2. The molecule has 0 bridgehead atoms. The molecule has 0 N–H and O–H groups in total. The van der Waals surface area contributed by atoms with Crippen LogP contribution in [0.5, 0.6) is 0 Å². The van der Waals surface area contributed by atoms with E-state index in [2.05, 4.69) is 235 Å². The minimum atomic E-state index is 0.455. The van der Waals surface area contributed by atoms with Crippen molar-refractivity contribution < 1.29 is 0 Å². The van der Waals surface area contributed by atoms with Gasteiger partial charge < -0.3 is 4.90 Å². The summed E-state index contributed by atoms with van der Waals surface area (Å²) in [5.41, 5.74) is 18.4. The van der Waals surface area contributed by atoms with Crippen molar-refractivity contribution in [1.29, 1.82) is 0 Å². The fourth-order valence-electron chi connectivity index (χ4n) is 8.54. The van der Waals surface area contributed by atoms with Crippen LogP contribution in [0, 0.1) is 0 Å². The maximum atomic E-state index is 5.21. The number of fused-ring (bicyclic) bond motifs is 3. The Labute approximate surface area is 369 Å². The predicted molar refractivity (Wildman–Crippen MR) is 265 cm³/mol. The van der Waals surface area contributed by atoms with E-state index >= 15 is 0 Å². The smallest absolute Gasteiger partial charge is 0.161 e. The van der Waals surface area contributed by atoms with Gasteiger partial charge in [0.25, 0.3) is 0 Å². The molecule has 0 saturated heterocycles. The first-order valence-electron chi connectivity index (χ1n) is 21.3. The van der Waals surface area contributed by atoms with E-state index in [1.807, 2.05) is 12.1 Å². The largest absolute Gasteiger partial charge is 0.310 e. The van der Waals surface area contributed by atoms with Gasteiger partial charge >= 0.3 is 0 Å². The summed E-state index contributed by atoms with van der Waals surface area (Å²) >= 11 is 0. The number of para-hydroxylation sites is 1. The normalized spacial score (nSPS) is 12.1. The van der Waals surface area contributed by atoms with Crippen LogP contribution in [0.25, 0.3) is 44.5 Å². The summed E-state index contributed by atoms with van der Waals surface area (Å²) in [6.07, 6.45) is 0.819. The second-order valence-corrected chi connectivity index (χ2v) is 15.7. The Bertz CT molecular complexity index is 3070. The number of rotatable bonds is 10. The lowest BCUT2D eigenvalue weighted by Crippen LogP contribution is -2.12. The van der Waals surface area contributed by atoms with Crippen LogP contribution in [-0.2, 0) is 13.0 Å². The number of nitrogens with zero attached hydrogens (tertiary/aromatic N) is 4. The molecule has 0 unspecified atom stereocenters. The lowest BCUT2D eigenvalue weighted by Gasteiger charge is -2.28. The van der Waals surface area contributed by atoms with E-state index in [0.29, 0.717) is 18.2 Å². The molecule has 9 aromatic carbocycles. The highest BCUT2D eigenvalue weighted by Crippen LogP contribution is 2.46. The van der Waals surface area contributed by atoms with Crippen molar-refractivity contribution in [2.24, 2.45) is 15.0 Å². The Morgan fingerprint density at radius 1 is 0.429 bits per heavy atom. The quantitative estimate of drug-likeness (QED) is 0.100. The van der Waals surface area contributed by atoms with E-state index in [1.54, 1.807) is 0 Å². The Morgan fingerprint density at radius 3 is 1.44 bits per heavy atom. The zero-order valence-electron chi connectivity index (χ0n) is 34.8. The van der Waals surface area contributed by atoms with Crippen LogP contribution >= 0.6 is 0 Å². The molecule has 4 nitrogen and oxygen atoms in total. The highest BCUT2D eigenvalue weighted by atomic mass is 15.1. The maximum absolute atomic E-state index is 5.21. The third kappa shape index (κ3) is 8.31. The number of hydrogen-bond donors (Lipinski definition) is 0. The Morgan fingerprint density at radius 2 is 0.905 bits per heavy atom. The summed E-state index contributed by atoms with van der Waals surface area (Å²) < 4.78 is 0. The molecule has 0 spiro atoms. The minimum absolute atomic E-state index is 0.455. The van der Waals surface area contributed by atoms with Gasteiger partial charge in [-0.2, -0.15) is 0 Å². The topological polar surface area (TPSA) is 40.3 Å². The van der Waals surface area contributed by atoms with Crippen LogP contribution < -0.4 is 4.90 Å². The number of aliphatic imine (C=N–C) groups is 3. The van der Waals surface area contributed by atoms with Gasteiger partial charge in [-0.05, 0) is 98.2 Å². The van der Waals surface area contributed by atoms with Crippen molar-refractivity contribution >= 4 is 35.5 Å². The third-order valence-electron chi connectivity index (χ3n) is 11.7. The Hall–Kier alpha value is -8.21. The number of anilines is 3. The van der Waals surface area contributed by atoms with E-state index in [-0.39, 0.29) is 0 Å². The van der Waals surface area contributed by atoms with Crippen molar-refractivity contribution in [2.45, 2.75) is 13.0 Å². The van der Waals surface area contributed by atoms with Gasteiger partial charge in [-0.1, -0.05) is 200 Å². The van der Waals surface area contributed by atoms with Gasteiger partial charge in [0, 0.05) is 28.9 Å². The van der Waals surface area contributed by atoms with Crippen LogP contribution in [-0.4, -0.2) is 18.4 Å². The molecule has 1 aliphatic rings. The van der Waals surface area contributed by atoms with Crippen LogP contribution in [0.4, 0.5) is 17.1 Å². The minimum Gasteiger partial charge on any atom is -0.310 e. The highest BCUT2D eigenvalue weighted by Gasteiger charge is 2.25. The van der Waals surface area contributed by atoms with Crippen molar-refractivity contribution in [3.63, 3.8) is 0 Å². The molecule has 9 aromatic rings. The van der Waals surface area contributed by atoms with Gasteiger partial charge in [0.1, 0.15) is 0 Å². The maximum Gasteiger partial charge on any atom is 0.161 e. The molecule has 0 heterocycles. The summed E-state index contributed by atoms with van der Waals surface area (Å²) in [7, 11) is 0. The van der Waals surface area contributed by atoms with Crippen LogP contribution in [0.3, 0.4) is 0 Å². The molecule has 4 heteroatoms. The molecule has 300 valence electrons. The summed E-state index contributed by atoms with van der Waals surface area (Å²) in [5.74, 6) is 1.13. The molecular weight excluding hydrogens is 765 g/mol. The molecule has 10 rings (SSSR count). The molecule has 63 heavy (non-hydrogen) atoms. The fourth-order valence-corrected chi connectivity index (χ4v) is 8.54. The summed E-state index contributed by atoms with van der Waals surface area (Å²) in [5, 5.41) is 0. The molecular formula is C59H44N4. The Balaban J connectivity index is 0.970. The monoisotopic (exact) mass is 808 g/mol. The summed E-state index contributed by atoms with van der Waals surface area (Å²) in [6.45, 7) is 4.39. The SMILES string of the molecule is C=NC(=NC(=NCc1ccc2c(c1)Cc1c-2cccc1N(c1ccccc1)c1ccc(-c2ccccc2)cc1)c1ccc(-c2ccccc2)cc1)c1ccc(-c2ccccc2)cc1. The zero-order valence-corrected chi connectivity index (χ0v) is 34.8. The molecule has 0 atom stereocenters. The zero-order chi connectivity index (χ0) is 42.4. The number of hydrogen-bond acceptors (Lipinski definition) is 2. The fraction of sp³-hybridized carbons (Fsp3) is 0.0339. The lowest BCUT2D eigenvalue weighted by molar-refractivity contribution is 1.05. The predicted octanol–water partition coefficient (Wildman–Crippen LogP) is 14.8. The molecule has 0 aliphatic heterocycles. The highest BCUT2D eigenvalue weighted by molar-refractivity contribution is 6.13. The summed E-state index contributed by atoms with van der Waals surface area (Å²) in [4.78, 5) is 17.1. The van der Waals surface area contributed by atoms with Crippen LogP contribution in [0.1, 0.15) is 27.8 Å². The second-order valence-electron chi connectivity index (χ2n) is 15.7.